The minimum Gasteiger partial charge on any atom is -0.497 e. The number of hydrogen-bond acceptors (Lipinski definition) is 4. The van der Waals surface area contributed by atoms with E-state index in [4.69, 9.17) is 21.1 Å². The van der Waals surface area contributed by atoms with Gasteiger partial charge in [0.25, 0.3) is 5.91 Å². The first kappa shape index (κ1) is 21.2. The number of carbonyl (C=O) groups is 2. The van der Waals surface area contributed by atoms with Crippen LogP contribution < -0.4 is 20.1 Å². The van der Waals surface area contributed by atoms with Gasteiger partial charge in [-0.1, -0.05) is 29.8 Å². The molecule has 3 rings (SSSR count). The zero-order valence-electron chi connectivity index (χ0n) is 16.6. The summed E-state index contributed by atoms with van der Waals surface area (Å²) in [5, 5.41) is 6.21. The summed E-state index contributed by atoms with van der Waals surface area (Å²) in [6.45, 7) is 0. The predicted molar refractivity (Wildman–Crippen MR) is 118 cm³/mol. The molecule has 0 spiro atoms. The minimum atomic E-state index is -0.301. The fourth-order valence-corrected chi connectivity index (χ4v) is 2.99. The Labute approximate surface area is 179 Å². The highest BCUT2D eigenvalue weighted by molar-refractivity contribution is 6.30. The number of benzene rings is 3. The van der Waals surface area contributed by atoms with Crippen molar-refractivity contribution in [2.45, 2.75) is 6.42 Å². The van der Waals surface area contributed by atoms with E-state index < -0.39 is 0 Å². The molecule has 30 heavy (non-hydrogen) atoms. The highest BCUT2D eigenvalue weighted by Gasteiger charge is 2.14. The summed E-state index contributed by atoms with van der Waals surface area (Å²) in [4.78, 5) is 25.1. The second-order valence-corrected chi connectivity index (χ2v) is 6.85. The Kier molecular flexibility index (Phi) is 6.93. The molecule has 0 radical (unpaired) electrons. The van der Waals surface area contributed by atoms with Crippen molar-refractivity contribution in [2.24, 2.45) is 0 Å². The van der Waals surface area contributed by atoms with E-state index in [1.807, 2.05) is 0 Å². The number of para-hydroxylation sites is 2. The van der Waals surface area contributed by atoms with E-state index >= 15 is 0 Å². The molecule has 0 atom stereocenters. The molecule has 2 amide bonds. The maximum atomic E-state index is 12.6. The van der Waals surface area contributed by atoms with Crippen LogP contribution in [0.3, 0.4) is 0 Å². The predicted octanol–water partition coefficient (Wildman–Crippen LogP) is 4.79. The Morgan fingerprint density at radius 1 is 0.867 bits per heavy atom. The molecule has 0 aliphatic heterocycles. The summed E-state index contributed by atoms with van der Waals surface area (Å²) in [5.74, 6) is 0.664. The van der Waals surface area contributed by atoms with Gasteiger partial charge in [0.05, 0.1) is 32.0 Å². The van der Waals surface area contributed by atoms with Crippen molar-refractivity contribution in [1.82, 2.24) is 0 Å². The van der Waals surface area contributed by atoms with Gasteiger partial charge in [0.2, 0.25) is 5.91 Å². The van der Waals surface area contributed by atoms with Gasteiger partial charge in [0, 0.05) is 22.2 Å². The van der Waals surface area contributed by atoms with Crippen LogP contribution in [-0.4, -0.2) is 26.0 Å². The van der Waals surface area contributed by atoms with Gasteiger partial charge in [-0.2, -0.15) is 0 Å². The first-order valence-corrected chi connectivity index (χ1v) is 9.54. The monoisotopic (exact) mass is 424 g/mol. The van der Waals surface area contributed by atoms with E-state index in [1.54, 1.807) is 73.8 Å². The molecule has 3 aromatic rings. The van der Waals surface area contributed by atoms with Crippen LogP contribution >= 0.6 is 11.6 Å². The van der Waals surface area contributed by atoms with Crippen LogP contribution in [0.15, 0.2) is 66.7 Å². The first-order valence-electron chi connectivity index (χ1n) is 9.17. The van der Waals surface area contributed by atoms with E-state index in [1.165, 1.54) is 7.11 Å². The lowest BCUT2D eigenvalue weighted by Crippen LogP contribution is -2.18. The van der Waals surface area contributed by atoms with Gasteiger partial charge >= 0.3 is 0 Å². The van der Waals surface area contributed by atoms with Crippen molar-refractivity contribution in [3.05, 3.63) is 82.9 Å². The topological polar surface area (TPSA) is 76.7 Å². The Hall–Kier alpha value is -3.51. The molecule has 0 bridgehead atoms. The second kappa shape index (κ2) is 9.80. The molecule has 0 unspecified atom stereocenters. The molecule has 0 aromatic heterocycles. The summed E-state index contributed by atoms with van der Waals surface area (Å²) in [7, 11) is 3.11. The van der Waals surface area contributed by atoms with Gasteiger partial charge in [-0.05, 0) is 42.5 Å². The molecule has 2 N–H and O–H groups in total. The largest absolute Gasteiger partial charge is 0.497 e. The summed E-state index contributed by atoms with van der Waals surface area (Å²) in [6.07, 6.45) is 0.104. The van der Waals surface area contributed by atoms with Crippen molar-refractivity contribution < 1.29 is 19.1 Å². The normalized spacial score (nSPS) is 10.2. The van der Waals surface area contributed by atoms with Crippen LogP contribution in [0.4, 0.5) is 11.4 Å². The maximum absolute atomic E-state index is 12.6. The number of amides is 2. The van der Waals surface area contributed by atoms with Gasteiger partial charge in [0.1, 0.15) is 11.5 Å². The lowest BCUT2D eigenvalue weighted by atomic mass is 10.1. The Balaban J connectivity index is 1.72. The third kappa shape index (κ3) is 5.30. The van der Waals surface area contributed by atoms with Gasteiger partial charge < -0.3 is 20.1 Å². The third-order valence-corrected chi connectivity index (χ3v) is 4.65. The van der Waals surface area contributed by atoms with Gasteiger partial charge in [-0.3, -0.25) is 9.59 Å². The van der Waals surface area contributed by atoms with E-state index in [2.05, 4.69) is 10.6 Å². The number of rotatable bonds is 7. The van der Waals surface area contributed by atoms with Crippen molar-refractivity contribution >= 4 is 34.8 Å². The highest BCUT2D eigenvalue weighted by Crippen LogP contribution is 2.26. The van der Waals surface area contributed by atoms with Crippen LogP contribution in [0.2, 0.25) is 5.02 Å². The van der Waals surface area contributed by atoms with Crippen molar-refractivity contribution in [1.29, 1.82) is 0 Å². The number of nitrogens with one attached hydrogen (secondary N) is 2. The summed E-state index contributed by atoms with van der Waals surface area (Å²) < 4.78 is 10.5. The van der Waals surface area contributed by atoms with Crippen molar-refractivity contribution in [3.63, 3.8) is 0 Å². The Morgan fingerprint density at radius 2 is 1.53 bits per heavy atom. The Bertz CT molecular complexity index is 1050. The number of methoxy groups -OCH3 is 2. The number of ether oxygens (including phenoxy) is 2. The fourth-order valence-electron chi connectivity index (χ4n) is 2.86. The molecule has 0 heterocycles. The molecule has 7 heteroatoms. The van der Waals surface area contributed by atoms with Crippen LogP contribution in [0.5, 0.6) is 11.5 Å². The quantitative estimate of drug-likeness (QED) is 0.571. The van der Waals surface area contributed by atoms with Crippen LogP contribution in [-0.2, 0) is 11.2 Å². The van der Waals surface area contributed by atoms with E-state index in [9.17, 15) is 9.59 Å². The second-order valence-electron chi connectivity index (χ2n) is 6.41. The van der Waals surface area contributed by atoms with Crippen LogP contribution in [0, 0.1) is 0 Å². The third-order valence-electron chi connectivity index (χ3n) is 4.40. The molecule has 0 aliphatic rings. The van der Waals surface area contributed by atoms with Crippen LogP contribution in [0.1, 0.15) is 15.9 Å². The molecule has 0 aliphatic carbocycles. The standard InChI is InChI=1S/C23H21ClN2O4/c1-29-18-12-9-16(21(14-18)30-2)13-22(27)25-19-5-3-4-6-20(19)26-23(28)15-7-10-17(24)11-8-15/h3-12,14H,13H2,1-2H3,(H,25,27)(H,26,28). The molecule has 3 aromatic carbocycles. The number of hydrogen-bond donors (Lipinski definition) is 2. The Morgan fingerprint density at radius 3 is 2.17 bits per heavy atom. The maximum Gasteiger partial charge on any atom is 0.255 e. The average molecular weight is 425 g/mol. The molecule has 154 valence electrons. The molecule has 6 nitrogen and oxygen atoms in total. The highest BCUT2D eigenvalue weighted by atomic mass is 35.5. The SMILES string of the molecule is COc1ccc(CC(=O)Nc2ccccc2NC(=O)c2ccc(Cl)cc2)c(OC)c1. The lowest BCUT2D eigenvalue weighted by molar-refractivity contribution is -0.115. The average Bonchev–Trinajstić information content (AvgIpc) is 2.75. The fraction of sp³-hybridized carbons (Fsp3) is 0.130. The molecule has 0 fully saturated rings. The van der Waals surface area contributed by atoms with Gasteiger partial charge in [-0.15, -0.1) is 0 Å². The number of carbonyl (C=O) groups excluding carboxylic acids is 2. The van der Waals surface area contributed by atoms with Gasteiger partial charge in [-0.25, -0.2) is 0 Å². The zero-order valence-corrected chi connectivity index (χ0v) is 17.3. The molecule has 0 saturated heterocycles. The minimum absolute atomic E-state index is 0.104. The summed E-state index contributed by atoms with van der Waals surface area (Å²) in [6, 6.07) is 18.8. The molecular formula is C23H21ClN2O4. The van der Waals surface area contributed by atoms with Gasteiger partial charge in [0.15, 0.2) is 0 Å². The van der Waals surface area contributed by atoms with Crippen molar-refractivity contribution in [3.8, 4) is 11.5 Å². The summed E-state index contributed by atoms with van der Waals surface area (Å²) >= 11 is 5.87. The zero-order chi connectivity index (χ0) is 21.5. The lowest BCUT2D eigenvalue weighted by Gasteiger charge is -2.14. The van der Waals surface area contributed by atoms with E-state index in [0.29, 0.717) is 33.5 Å². The smallest absolute Gasteiger partial charge is 0.255 e. The van der Waals surface area contributed by atoms with E-state index in [-0.39, 0.29) is 18.2 Å². The first-order chi connectivity index (χ1) is 14.5. The van der Waals surface area contributed by atoms with E-state index in [0.717, 1.165) is 5.56 Å². The summed E-state index contributed by atoms with van der Waals surface area (Å²) in [5.41, 5.74) is 2.17. The molecule has 0 saturated carbocycles. The number of anilines is 2. The molecular weight excluding hydrogens is 404 g/mol. The van der Waals surface area contributed by atoms with Crippen molar-refractivity contribution in [2.75, 3.05) is 24.9 Å². The van der Waals surface area contributed by atoms with Crippen LogP contribution in [0.25, 0.3) is 0 Å². The number of halogens is 1.